The minimum atomic E-state index is -0.278. The van der Waals surface area contributed by atoms with Crippen molar-refractivity contribution in [1.82, 2.24) is 15.3 Å². The highest BCUT2D eigenvalue weighted by molar-refractivity contribution is 6.38. The minimum Gasteiger partial charge on any atom is -0.436 e. The molecule has 4 aromatic rings. The van der Waals surface area contributed by atoms with Gasteiger partial charge in [0, 0.05) is 30.2 Å². The Kier molecular flexibility index (Phi) is 7.09. The predicted octanol–water partition coefficient (Wildman–Crippen LogP) is 5.56. The van der Waals surface area contributed by atoms with E-state index in [0.717, 1.165) is 17.5 Å². The molecule has 0 bridgehead atoms. The maximum atomic E-state index is 11.7. The van der Waals surface area contributed by atoms with Crippen molar-refractivity contribution in [3.63, 3.8) is 0 Å². The summed E-state index contributed by atoms with van der Waals surface area (Å²) in [4.78, 5) is 20.3. The van der Waals surface area contributed by atoms with Crippen molar-refractivity contribution in [1.29, 1.82) is 0 Å². The van der Waals surface area contributed by atoms with Crippen LogP contribution >= 0.6 is 23.2 Å². The van der Waals surface area contributed by atoms with Crippen molar-refractivity contribution in [2.45, 2.75) is 6.42 Å². The summed E-state index contributed by atoms with van der Waals surface area (Å²) in [5.41, 5.74) is 3.14. The van der Waals surface area contributed by atoms with Crippen LogP contribution in [0.4, 0.5) is 16.3 Å². The van der Waals surface area contributed by atoms with Gasteiger partial charge in [0.2, 0.25) is 5.71 Å². The Labute approximate surface area is 195 Å². The molecule has 2 aromatic carbocycles. The second kappa shape index (κ2) is 10.3. The number of carbonyl (C=O) groups is 1. The van der Waals surface area contributed by atoms with Crippen LogP contribution in [0.15, 0.2) is 65.3 Å². The number of carbonyl (C=O) groups excluding carboxylic acids is 1. The third-order valence-corrected chi connectivity index (χ3v) is 5.31. The Morgan fingerprint density at radius 1 is 1.00 bits per heavy atom. The molecule has 0 aliphatic heterocycles. The van der Waals surface area contributed by atoms with Gasteiger partial charge in [0.05, 0.1) is 0 Å². The van der Waals surface area contributed by atoms with Gasteiger partial charge in [0.15, 0.2) is 5.76 Å². The number of nitrogens with zero attached hydrogens (tertiary/aromatic N) is 2. The summed E-state index contributed by atoms with van der Waals surface area (Å²) in [5, 5.41) is 9.89. The van der Waals surface area contributed by atoms with Crippen LogP contribution in [0.25, 0.3) is 22.4 Å². The number of hydrogen-bond acceptors (Lipinski definition) is 5. The number of halogens is 2. The first-order valence-electron chi connectivity index (χ1n) is 10.1. The molecule has 0 fully saturated rings. The molecule has 4 rings (SSSR count). The van der Waals surface area contributed by atoms with Gasteiger partial charge in [-0.3, -0.25) is 0 Å². The van der Waals surface area contributed by atoms with E-state index in [2.05, 4.69) is 25.9 Å². The number of furan rings is 1. The van der Waals surface area contributed by atoms with Crippen LogP contribution in [0.2, 0.25) is 5.02 Å². The van der Waals surface area contributed by atoms with Crippen LogP contribution in [0.5, 0.6) is 0 Å². The van der Waals surface area contributed by atoms with Crippen LogP contribution in [0, 0.1) is 0 Å². The Bertz CT molecular complexity index is 1200. The molecule has 0 saturated heterocycles. The number of amides is 2. The first-order valence-corrected chi connectivity index (χ1v) is 11.0. The van der Waals surface area contributed by atoms with Crippen molar-refractivity contribution in [2.75, 3.05) is 29.6 Å². The smallest absolute Gasteiger partial charge is 0.319 e. The van der Waals surface area contributed by atoms with Crippen molar-refractivity contribution in [3.05, 3.63) is 71.5 Å². The lowest BCUT2D eigenvalue weighted by atomic mass is 10.1. The standard InChI is InChI=1S/C23H21Cl2N5O2/c24-11-13-27-23(31)30-17-8-6-15(7-9-17)10-12-26-21-18-19(25)20(16-4-2-1-3-5-16)32-22(18)29-14-28-21/h1-9,14H,10-13H2,(H,26,28,29)(H2,27,30,31). The van der Waals surface area contributed by atoms with Crippen molar-refractivity contribution >= 4 is 51.8 Å². The maximum Gasteiger partial charge on any atom is 0.319 e. The summed E-state index contributed by atoms with van der Waals surface area (Å²) in [7, 11) is 0. The highest BCUT2D eigenvalue weighted by Crippen LogP contribution is 2.39. The highest BCUT2D eigenvalue weighted by atomic mass is 35.5. The van der Waals surface area contributed by atoms with E-state index >= 15 is 0 Å². The molecule has 0 aliphatic rings. The zero-order valence-electron chi connectivity index (χ0n) is 17.1. The van der Waals surface area contributed by atoms with Gasteiger partial charge >= 0.3 is 6.03 Å². The van der Waals surface area contributed by atoms with E-state index in [1.807, 2.05) is 54.6 Å². The van der Waals surface area contributed by atoms with Crippen LogP contribution in [-0.2, 0) is 6.42 Å². The van der Waals surface area contributed by atoms with Crippen molar-refractivity contribution in [3.8, 4) is 11.3 Å². The van der Waals surface area contributed by atoms with Gasteiger partial charge in [-0.25, -0.2) is 14.8 Å². The molecular weight excluding hydrogens is 449 g/mol. The number of anilines is 2. The number of alkyl halides is 1. The Balaban J connectivity index is 1.40. The summed E-state index contributed by atoms with van der Waals surface area (Å²) in [6, 6.07) is 17.0. The molecule has 2 heterocycles. The number of rotatable bonds is 8. The maximum absolute atomic E-state index is 11.7. The quantitative estimate of drug-likeness (QED) is 0.294. The molecule has 0 unspecified atom stereocenters. The summed E-state index contributed by atoms with van der Waals surface area (Å²) in [5.74, 6) is 1.57. The molecule has 7 nitrogen and oxygen atoms in total. The lowest BCUT2D eigenvalue weighted by Gasteiger charge is -2.09. The van der Waals surface area contributed by atoms with E-state index in [1.165, 1.54) is 6.33 Å². The van der Waals surface area contributed by atoms with Gasteiger partial charge in [-0.1, -0.05) is 54.1 Å². The average Bonchev–Trinajstić information content (AvgIpc) is 3.17. The van der Waals surface area contributed by atoms with Crippen molar-refractivity contribution < 1.29 is 9.21 Å². The first-order chi connectivity index (χ1) is 15.7. The third-order valence-electron chi connectivity index (χ3n) is 4.76. The fourth-order valence-corrected chi connectivity index (χ4v) is 3.64. The number of urea groups is 1. The number of hydrogen-bond donors (Lipinski definition) is 3. The number of fused-ring (bicyclic) bond motifs is 1. The molecule has 32 heavy (non-hydrogen) atoms. The zero-order chi connectivity index (χ0) is 22.3. The van der Waals surface area contributed by atoms with Gasteiger partial charge in [0.1, 0.15) is 22.6 Å². The normalized spacial score (nSPS) is 10.8. The zero-order valence-corrected chi connectivity index (χ0v) is 18.6. The van der Waals surface area contributed by atoms with Crippen LogP contribution in [-0.4, -0.2) is 35.0 Å². The molecule has 0 atom stereocenters. The highest BCUT2D eigenvalue weighted by Gasteiger charge is 2.18. The molecule has 164 valence electrons. The molecule has 3 N–H and O–H groups in total. The molecule has 0 aliphatic carbocycles. The Morgan fingerprint density at radius 3 is 2.53 bits per heavy atom. The fraction of sp³-hybridized carbons (Fsp3) is 0.174. The number of nitrogens with one attached hydrogen (secondary N) is 3. The van der Waals surface area contributed by atoms with Crippen LogP contribution in [0.3, 0.4) is 0 Å². The van der Waals surface area contributed by atoms with E-state index in [-0.39, 0.29) is 6.03 Å². The fourth-order valence-electron chi connectivity index (χ4n) is 3.22. The van der Waals surface area contributed by atoms with Gasteiger partial charge in [0.25, 0.3) is 0 Å². The number of benzene rings is 2. The molecule has 0 radical (unpaired) electrons. The first kappa shape index (κ1) is 21.9. The second-order valence-electron chi connectivity index (χ2n) is 6.96. The lowest BCUT2D eigenvalue weighted by molar-refractivity contribution is 0.252. The third kappa shape index (κ3) is 5.12. The monoisotopic (exact) mass is 469 g/mol. The summed E-state index contributed by atoms with van der Waals surface area (Å²) >= 11 is 12.2. The van der Waals surface area contributed by atoms with E-state index in [4.69, 9.17) is 27.6 Å². The predicted molar refractivity (Wildman–Crippen MR) is 129 cm³/mol. The van der Waals surface area contributed by atoms with E-state index in [1.54, 1.807) is 0 Å². The SMILES string of the molecule is O=C(NCCCl)Nc1ccc(CCNc2ncnc3oc(-c4ccccc4)c(Cl)c23)cc1. The largest absolute Gasteiger partial charge is 0.436 e. The van der Waals surface area contributed by atoms with E-state index < -0.39 is 0 Å². The molecule has 0 saturated carbocycles. The van der Waals surface area contributed by atoms with Gasteiger partial charge < -0.3 is 20.4 Å². The van der Waals surface area contributed by atoms with Gasteiger partial charge in [-0.2, -0.15) is 0 Å². The van der Waals surface area contributed by atoms with E-state index in [9.17, 15) is 4.79 Å². The molecule has 9 heteroatoms. The Morgan fingerprint density at radius 2 is 1.78 bits per heavy atom. The van der Waals surface area contributed by atoms with Crippen LogP contribution in [0.1, 0.15) is 5.56 Å². The lowest BCUT2D eigenvalue weighted by Crippen LogP contribution is -2.30. The van der Waals surface area contributed by atoms with E-state index in [0.29, 0.717) is 52.4 Å². The topological polar surface area (TPSA) is 92.1 Å². The minimum absolute atomic E-state index is 0.278. The summed E-state index contributed by atoms with van der Waals surface area (Å²) in [6.45, 7) is 1.05. The summed E-state index contributed by atoms with van der Waals surface area (Å²) in [6.07, 6.45) is 2.21. The molecule has 2 aromatic heterocycles. The molecular formula is C23H21Cl2N5O2. The summed E-state index contributed by atoms with van der Waals surface area (Å²) < 4.78 is 5.89. The van der Waals surface area contributed by atoms with Crippen LogP contribution < -0.4 is 16.0 Å². The average molecular weight is 470 g/mol. The van der Waals surface area contributed by atoms with Gasteiger partial charge in [-0.15, -0.1) is 11.6 Å². The molecule has 0 spiro atoms. The number of aromatic nitrogens is 2. The van der Waals surface area contributed by atoms with Gasteiger partial charge in [-0.05, 0) is 24.1 Å². The van der Waals surface area contributed by atoms with Crippen molar-refractivity contribution in [2.24, 2.45) is 0 Å². The second-order valence-corrected chi connectivity index (χ2v) is 7.71. The Hall–Kier alpha value is -3.29. The molecule has 2 amide bonds.